The van der Waals surface area contributed by atoms with Crippen LogP contribution in [0.15, 0.2) is 18.2 Å². The van der Waals surface area contributed by atoms with E-state index in [-0.39, 0.29) is 6.10 Å². The van der Waals surface area contributed by atoms with E-state index in [1.54, 1.807) is 23.1 Å². The van der Waals surface area contributed by atoms with Gasteiger partial charge in [-0.15, -0.1) is 0 Å². The van der Waals surface area contributed by atoms with Crippen molar-refractivity contribution < 1.29 is 19.1 Å². The molecule has 0 N–H and O–H groups in total. The maximum Gasteiger partial charge on any atom is 0.299 e. The van der Waals surface area contributed by atoms with Gasteiger partial charge in [-0.1, -0.05) is 0 Å². The van der Waals surface area contributed by atoms with Crippen molar-refractivity contribution in [3.05, 3.63) is 23.8 Å². The average molecular weight is 289 g/mol. The molecule has 112 valence electrons. The molecule has 0 spiro atoms. The second-order valence-electron chi connectivity index (χ2n) is 5.35. The van der Waals surface area contributed by atoms with E-state index < -0.39 is 11.7 Å². The molecule has 0 aliphatic carbocycles. The molecule has 2 heterocycles. The number of benzene rings is 1. The molecule has 1 saturated heterocycles. The zero-order chi connectivity index (χ0) is 14.8. The molecule has 0 radical (unpaired) electrons. The van der Waals surface area contributed by atoms with Crippen LogP contribution in [-0.2, 0) is 9.53 Å². The smallest absolute Gasteiger partial charge is 0.299 e. The van der Waals surface area contributed by atoms with Crippen molar-refractivity contribution >= 4 is 17.4 Å². The van der Waals surface area contributed by atoms with Gasteiger partial charge in [0.05, 0.1) is 30.5 Å². The summed E-state index contributed by atoms with van der Waals surface area (Å²) in [7, 11) is 0. The summed E-state index contributed by atoms with van der Waals surface area (Å²) in [4.78, 5) is 25.8. The van der Waals surface area contributed by atoms with Crippen molar-refractivity contribution in [3.8, 4) is 5.75 Å². The molecular weight excluding hydrogens is 270 g/mol. The van der Waals surface area contributed by atoms with Crippen molar-refractivity contribution in [2.75, 3.05) is 24.7 Å². The molecule has 0 bridgehead atoms. The van der Waals surface area contributed by atoms with Gasteiger partial charge in [-0.05, 0) is 44.4 Å². The molecule has 1 atom stereocenters. The predicted molar refractivity (Wildman–Crippen MR) is 77.9 cm³/mol. The van der Waals surface area contributed by atoms with E-state index in [0.29, 0.717) is 30.2 Å². The minimum Gasteiger partial charge on any atom is -0.494 e. The van der Waals surface area contributed by atoms with Gasteiger partial charge in [0, 0.05) is 6.61 Å². The summed E-state index contributed by atoms with van der Waals surface area (Å²) in [6, 6.07) is 5.23. The van der Waals surface area contributed by atoms with E-state index in [4.69, 9.17) is 9.47 Å². The van der Waals surface area contributed by atoms with Crippen LogP contribution < -0.4 is 9.64 Å². The lowest BCUT2D eigenvalue weighted by Gasteiger charge is -2.27. The average Bonchev–Trinajstić information content (AvgIpc) is 2.74. The van der Waals surface area contributed by atoms with Gasteiger partial charge in [-0.2, -0.15) is 0 Å². The van der Waals surface area contributed by atoms with Gasteiger partial charge in [-0.25, -0.2) is 0 Å². The molecule has 1 fully saturated rings. The number of ketones is 1. The first-order chi connectivity index (χ1) is 10.2. The van der Waals surface area contributed by atoms with Crippen molar-refractivity contribution in [1.29, 1.82) is 0 Å². The minimum atomic E-state index is -0.465. The standard InChI is InChI=1S/C16H19NO4/c1-2-20-11-6-7-14-13(9-11)15(18)16(19)17(14)10-12-5-3-4-8-21-12/h6-7,9,12H,2-5,8,10H2,1H3/t12-/m1/s1. The number of ether oxygens (including phenoxy) is 2. The second kappa shape index (κ2) is 5.85. The fourth-order valence-electron chi connectivity index (χ4n) is 2.87. The Morgan fingerprint density at radius 1 is 1.33 bits per heavy atom. The fraction of sp³-hybridized carbons (Fsp3) is 0.500. The maximum absolute atomic E-state index is 12.2. The Morgan fingerprint density at radius 3 is 2.90 bits per heavy atom. The number of hydrogen-bond acceptors (Lipinski definition) is 4. The molecule has 3 rings (SSSR count). The first kappa shape index (κ1) is 14.1. The Bertz CT molecular complexity index is 563. The van der Waals surface area contributed by atoms with Gasteiger partial charge in [0.25, 0.3) is 11.7 Å². The van der Waals surface area contributed by atoms with Gasteiger partial charge in [-0.3, -0.25) is 9.59 Å². The van der Waals surface area contributed by atoms with Gasteiger partial charge in [0.2, 0.25) is 0 Å². The topological polar surface area (TPSA) is 55.8 Å². The summed E-state index contributed by atoms with van der Waals surface area (Å²) in [5.74, 6) is -0.302. The molecule has 1 aromatic carbocycles. The monoisotopic (exact) mass is 289 g/mol. The maximum atomic E-state index is 12.2. The van der Waals surface area contributed by atoms with Crippen LogP contribution >= 0.6 is 0 Å². The highest BCUT2D eigenvalue weighted by atomic mass is 16.5. The largest absolute Gasteiger partial charge is 0.494 e. The van der Waals surface area contributed by atoms with Crippen LogP contribution in [0.25, 0.3) is 0 Å². The molecule has 1 aromatic rings. The molecule has 2 aliphatic rings. The zero-order valence-corrected chi connectivity index (χ0v) is 12.1. The van der Waals surface area contributed by atoms with E-state index in [1.165, 1.54) is 0 Å². The van der Waals surface area contributed by atoms with Crippen LogP contribution in [-0.4, -0.2) is 37.6 Å². The second-order valence-corrected chi connectivity index (χ2v) is 5.35. The highest BCUT2D eigenvalue weighted by Gasteiger charge is 2.37. The first-order valence-corrected chi connectivity index (χ1v) is 7.45. The lowest BCUT2D eigenvalue weighted by Crippen LogP contribution is -2.39. The van der Waals surface area contributed by atoms with Crippen LogP contribution in [0.1, 0.15) is 36.5 Å². The Balaban J connectivity index is 1.83. The zero-order valence-electron chi connectivity index (χ0n) is 12.1. The van der Waals surface area contributed by atoms with Gasteiger partial charge >= 0.3 is 0 Å². The highest BCUT2D eigenvalue weighted by Crippen LogP contribution is 2.33. The molecule has 5 nitrogen and oxygen atoms in total. The molecular formula is C16H19NO4. The molecule has 0 saturated carbocycles. The normalized spacial score (nSPS) is 21.6. The minimum absolute atomic E-state index is 0.0213. The van der Waals surface area contributed by atoms with E-state index in [0.717, 1.165) is 25.9 Å². The SMILES string of the molecule is CCOc1ccc2c(c1)C(=O)C(=O)N2C[C@H]1CCCCO1. The van der Waals surface area contributed by atoms with Gasteiger partial charge in [0.1, 0.15) is 5.75 Å². The number of carbonyl (C=O) groups is 2. The fourth-order valence-corrected chi connectivity index (χ4v) is 2.87. The van der Waals surface area contributed by atoms with Crippen molar-refractivity contribution in [2.45, 2.75) is 32.3 Å². The third-order valence-electron chi connectivity index (χ3n) is 3.91. The lowest BCUT2D eigenvalue weighted by molar-refractivity contribution is -0.114. The molecule has 5 heteroatoms. The molecule has 2 aliphatic heterocycles. The first-order valence-electron chi connectivity index (χ1n) is 7.45. The number of anilines is 1. The third kappa shape index (κ3) is 2.65. The predicted octanol–water partition coefficient (Wildman–Crippen LogP) is 2.18. The molecule has 1 amide bonds. The highest BCUT2D eigenvalue weighted by molar-refractivity contribution is 6.52. The number of carbonyl (C=O) groups excluding carboxylic acids is 2. The number of fused-ring (bicyclic) bond motifs is 1. The van der Waals surface area contributed by atoms with Crippen molar-refractivity contribution in [1.82, 2.24) is 0 Å². The van der Waals surface area contributed by atoms with Crippen molar-refractivity contribution in [2.24, 2.45) is 0 Å². The molecule has 0 unspecified atom stereocenters. The van der Waals surface area contributed by atoms with E-state index >= 15 is 0 Å². The summed E-state index contributed by atoms with van der Waals surface area (Å²) < 4.78 is 11.1. The summed E-state index contributed by atoms with van der Waals surface area (Å²) >= 11 is 0. The summed E-state index contributed by atoms with van der Waals surface area (Å²) in [6.07, 6.45) is 3.13. The van der Waals surface area contributed by atoms with Crippen LogP contribution in [0.5, 0.6) is 5.75 Å². The number of amides is 1. The summed E-state index contributed by atoms with van der Waals surface area (Å²) in [5, 5.41) is 0. The number of Topliss-reactive ketones (excluding diaryl/α,β-unsaturated/α-hetero) is 1. The number of hydrogen-bond donors (Lipinski definition) is 0. The number of rotatable bonds is 4. The Hall–Kier alpha value is -1.88. The van der Waals surface area contributed by atoms with E-state index in [2.05, 4.69) is 0 Å². The van der Waals surface area contributed by atoms with Gasteiger partial charge < -0.3 is 14.4 Å². The Labute approximate surface area is 123 Å². The quantitative estimate of drug-likeness (QED) is 0.797. The lowest BCUT2D eigenvalue weighted by atomic mass is 10.1. The van der Waals surface area contributed by atoms with Crippen LogP contribution in [0.4, 0.5) is 5.69 Å². The van der Waals surface area contributed by atoms with Crippen LogP contribution in [0.3, 0.4) is 0 Å². The van der Waals surface area contributed by atoms with Crippen LogP contribution in [0.2, 0.25) is 0 Å². The molecule has 0 aromatic heterocycles. The number of nitrogens with zero attached hydrogens (tertiary/aromatic N) is 1. The summed E-state index contributed by atoms with van der Waals surface area (Å²) in [5.41, 5.74) is 1.10. The van der Waals surface area contributed by atoms with Crippen LogP contribution in [0, 0.1) is 0 Å². The van der Waals surface area contributed by atoms with E-state index in [1.807, 2.05) is 6.92 Å². The molecule has 21 heavy (non-hydrogen) atoms. The Morgan fingerprint density at radius 2 is 2.19 bits per heavy atom. The van der Waals surface area contributed by atoms with Gasteiger partial charge in [0.15, 0.2) is 0 Å². The third-order valence-corrected chi connectivity index (χ3v) is 3.91. The van der Waals surface area contributed by atoms with Crippen molar-refractivity contribution in [3.63, 3.8) is 0 Å². The van der Waals surface area contributed by atoms with E-state index in [9.17, 15) is 9.59 Å². The Kier molecular flexibility index (Phi) is 3.92. The summed E-state index contributed by atoms with van der Waals surface area (Å²) in [6.45, 7) is 3.59.